The van der Waals surface area contributed by atoms with Crippen LogP contribution in [0.1, 0.15) is 41.8 Å². The number of carbonyl (C=O) groups is 1. The molecule has 1 fully saturated rings. The molecule has 1 unspecified atom stereocenters. The van der Waals surface area contributed by atoms with Crippen LogP contribution in [0.25, 0.3) is 10.6 Å². The van der Waals surface area contributed by atoms with Gasteiger partial charge in [0.05, 0.1) is 44.5 Å². The molecule has 238 valence electrons. The molecule has 1 amide bonds. The number of piperazine rings is 1. The molecule has 0 bridgehead atoms. The number of nitrogens with one attached hydrogen (secondary N) is 1. The summed E-state index contributed by atoms with van der Waals surface area (Å²) >= 11 is 7.54. The average Bonchev–Trinajstić information content (AvgIpc) is 3.73. The first-order chi connectivity index (χ1) is 22.9. The molecule has 0 spiro atoms. The number of benzene rings is 3. The number of halogens is 1. The number of nitriles is 1. The molecule has 2 aromatic heterocycles. The van der Waals surface area contributed by atoms with Gasteiger partial charge in [-0.05, 0) is 29.8 Å². The van der Waals surface area contributed by atoms with Gasteiger partial charge in [0.2, 0.25) is 5.91 Å². The van der Waals surface area contributed by atoms with Crippen molar-refractivity contribution in [2.24, 2.45) is 4.99 Å². The summed E-state index contributed by atoms with van der Waals surface area (Å²) in [5.41, 5.74) is 5.42. The van der Waals surface area contributed by atoms with Crippen LogP contribution < -0.4 is 5.32 Å². The second-order valence-electron chi connectivity index (χ2n) is 11.9. The first kappa shape index (κ1) is 32.4. The van der Waals surface area contributed by atoms with Gasteiger partial charge in [0.1, 0.15) is 6.07 Å². The minimum Gasteiger partial charge on any atom is -0.355 e. The number of rotatable bonds is 11. The molecular formula is C37H35ClN6O2S. The molecule has 6 rings (SSSR count). The Labute approximate surface area is 283 Å². The van der Waals surface area contributed by atoms with Crippen LogP contribution in [0.15, 0.2) is 107 Å². The standard InChI is InChI=1S/C37H35ClN6O2S/c1-25(2)40-20-31-23-43(22-30-18-33(46-42-30)34-15-16-35(38)47-34)24-36(45)44(31)21-26-13-14-29(19-39)32(17-26)41-37(27-9-5-3-6-10-27)28-11-7-4-8-12-28/h3-18,25,31,40H,20-24H2,1-2H3. The van der Waals surface area contributed by atoms with Crippen molar-refractivity contribution in [1.29, 1.82) is 5.26 Å². The average molecular weight is 663 g/mol. The van der Waals surface area contributed by atoms with E-state index >= 15 is 0 Å². The van der Waals surface area contributed by atoms with Crippen molar-refractivity contribution in [3.63, 3.8) is 0 Å². The molecule has 0 radical (unpaired) electrons. The first-order valence-corrected chi connectivity index (χ1v) is 16.7. The first-order valence-electron chi connectivity index (χ1n) is 15.6. The number of amides is 1. The Hall–Kier alpha value is -4.59. The molecule has 3 aromatic carbocycles. The molecule has 1 atom stereocenters. The van der Waals surface area contributed by atoms with E-state index in [1.54, 1.807) is 6.07 Å². The van der Waals surface area contributed by atoms with Gasteiger partial charge in [-0.15, -0.1) is 11.3 Å². The summed E-state index contributed by atoms with van der Waals surface area (Å²) in [5, 5.41) is 17.8. The van der Waals surface area contributed by atoms with Gasteiger partial charge in [-0.2, -0.15) is 5.26 Å². The topological polar surface area (TPSA) is 97.8 Å². The normalized spacial score (nSPS) is 15.2. The summed E-state index contributed by atoms with van der Waals surface area (Å²) in [6.07, 6.45) is 0. The fraction of sp³-hybridized carbons (Fsp3) is 0.243. The van der Waals surface area contributed by atoms with Crippen molar-refractivity contribution in [2.75, 3.05) is 19.6 Å². The molecule has 1 N–H and O–H groups in total. The summed E-state index contributed by atoms with van der Waals surface area (Å²) in [4.78, 5) is 23.8. The van der Waals surface area contributed by atoms with Crippen LogP contribution in [0, 0.1) is 11.3 Å². The zero-order valence-corrected chi connectivity index (χ0v) is 27.8. The van der Waals surface area contributed by atoms with Gasteiger partial charge in [0.25, 0.3) is 0 Å². The zero-order chi connectivity index (χ0) is 32.8. The third-order valence-corrected chi connectivity index (χ3v) is 9.22. The Kier molecular flexibility index (Phi) is 10.2. The minimum atomic E-state index is -0.0760. The summed E-state index contributed by atoms with van der Waals surface area (Å²) in [6, 6.07) is 33.7. The Bertz CT molecular complexity index is 1860. The van der Waals surface area contributed by atoms with Crippen molar-refractivity contribution < 1.29 is 9.32 Å². The maximum Gasteiger partial charge on any atom is 0.237 e. The van der Waals surface area contributed by atoms with E-state index < -0.39 is 0 Å². The van der Waals surface area contributed by atoms with Crippen LogP contribution in [0.4, 0.5) is 5.69 Å². The van der Waals surface area contributed by atoms with Crippen molar-refractivity contribution >= 4 is 40.2 Å². The Morgan fingerprint density at radius 1 is 1.04 bits per heavy atom. The number of thiophene rings is 1. The van der Waals surface area contributed by atoms with Gasteiger partial charge >= 0.3 is 0 Å². The lowest BCUT2D eigenvalue weighted by atomic mass is 10.0. The third-order valence-electron chi connectivity index (χ3n) is 7.97. The van der Waals surface area contributed by atoms with Crippen LogP contribution in [-0.4, -0.2) is 58.3 Å². The van der Waals surface area contributed by atoms with E-state index in [1.165, 1.54) is 11.3 Å². The number of aliphatic imine (C=N–C) groups is 1. The smallest absolute Gasteiger partial charge is 0.237 e. The lowest BCUT2D eigenvalue weighted by Crippen LogP contribution is -2.59. The molecule has 10 heteroatoms. The highest BCUT2D eigenvalue weighted by molar-refractivity contribution is 7.19. The summed E-state index contributed by atoms with van der Waals surface area (Å²) in [7, 11) is 0. The Morgan fingerprint density at radius 2 is 1.77 bits per heavy atom. The summed E-state index contributed by atoms with van der Waals surface area (Å²) < 4.78 is 6.28. The summed E-state index contributed by atoms with van der Waals surface area (Å²) in [5.74, 6) is 0.700. The predicted octanol–water partition coefficient (Wildman–Crippen LogP) is 7.31. The van der Waals surface area contributed by atoms with E-state index in [4.69, 9.17) is 21.1 Å². The molecule has 47 heavy (non-hydrogen) atoms. The molecule has 3 heterocycles. The SMILES string of the molecule is CC(C)NCC1CN(Cc2cc(-c3ccc(Cl)s3)on2)CC(=O)N1Cc1ccc(C#N)c(N=C(c2ccccc2)c2ccccc2)c1. The second-order valence-corrected chi connectivity index (χ2v) is 13.6. The highest BCUT2D eigenvalue weighted by Crippen LogP contribution is 2.32. The molecule has 1 saturated heterocycles. The highest BCUT2D eigenvalue weighted by atomic mass is 35.5. The molecule has 1 aliphatic heterocycles. The number of nitrogens with zero attached hydrogens (tertiary/aromatic N) is 5. The van der Waals surface area contributed by atoms with E-state index in [9.17, 15) is 10.1 Å². The molecule has 0 aliphatic carbocycles. The number of aromatic nitrogens is 1. The summed E-state index contributed by atoms with van der Waals surface area (Å²) in [6.45, 7) is 6.68. The van der Waals surface area contributed by atoms with E-state index in [-0.39, 0.29) is 24.5 Å². The van der Waals surface area contributed by atoms with Crippen molar-refractivity contribution in [1.82, 2.24) is 20.3 Å². The minimum absolute atomic E-state index is 0.0317. The zero-order valence-electron chi connectivity index (χ0n) is 26.3. The molecular weight excluding hydrogens is 628 g/mol. The van der Waals surface area contributed by atoms with E-state index in [0.717, 1.165) is 33.0 Å². The van der Waals surface area contributed by atoms with E-state index in [0.29, 0.717) is 47.5 Å². The fourth-order valence-electron chi connectivity index (χ4n) is 5.68. The lowest BCUT2D eigenvalue weighted by Gasteiger charge is -2.41. The van der Waals surface area contributed by atoms with Gasteiger partial charge in [0.15, 0.2) is 5.76 Å². The number of carbonyl (C=O) groups excluding carboxylic acids is 1. The van der Waals surface area contributed by atoms with Gasteiger partial charge in [0, 0.05) is 49.4 Å². The van der Waals surface area contributed by atoms with Crippen LogP contribution in [0.5, 0.6) is 0 Å². The van der Waals surface area contributed by atoms with Crippen LogP contribution in [0.2, 0.25) is 4.34 Å². The van der Waals surface area contributed by atoms with Crippen LogP contribution >= 0.6 is 22.9 Å². The fourth-order valence-corrected chi connectivity index (χ4v) is 6.67. The maximum atomic E-state index is 13.8. The maximum absolute atomic E-state index is 13.8. The lowest BCUT2D eigenvalue weighted by molar-refractivity contribution is -0.140. The van der Waals surface area contributed by atoms with Gasteiger partial charge in [-0.25, -0.2) is 4.99 Å². The van der Waals surface area contributed by atoms with Gasteiger partial charge < -0.3 is 14.7 Å². The number of hydrogen-bond acceptors (Lipinski definition) is 8. The molecule has 8 nitrogen and oxygen atoms in total. The molecule has 0 saturated carbocycles. The molecule has 5 aromatic rings. The molecule has 1 aliphatic rings. The van der Waals surface area contributed by atoms with Crippen molar-refractivity contribution in [3.8, 4) is 16.7 Å². The second kappa shape index (κ2) is 14.9. The Balaban J connectivity index is 1.25. The largest absolute Gasteiger partial charge is 0.355 e. The van der Waals surface area contributed by atoms with Crippen molar-refractivity contribution in [2.45, 2.75) is 39.0 Å². The number of hydrogen-bond donors (Lipinski definition) is 1. The monoisotopic (exact) mass is 662 g/mol. The predicted molar refractivity (Wildman–Crippen MR) is 187 cm³/mol. The third kappa shape index (κ3) is 8.05. The van der Waals surface area contributed by atoms with E-state index in [1.807, 2.05) is 95.9 Å². The van der Waals surface area contributed by atoms with Gasteiger partial charge in [-0.1, -0.05) is 97.3 Å². The van der Waals surface area contributed by atoms with Crippen LogP contribution in [-0.2, 0) is 17.9 Å². The van der Waals surface area contributed by atoms with Crippen LogP contribution in [0.3, 0.4) is 0 Å². The van der Waals surface area contributed by atoms with E-state index in [2.05, 4.69) is 35.3 Å². The quantitative estimate of drug-likeness (QED) is 0.149. The highest BCUT2D eigenvalue weighted by Gasteiger charge is 2.33. The van der Waals surface area contributed by atoms with Gasteiger partial charge in [-0.3, -0.25) is 9.69 Å². The Morgan fingerprint density at radius 3 is 2.40 bits per heavy atom. The van der Waals surface area contributed by atoms with Crippen molar-refractivity contribution in [3.05, 3.63) is 129 Å².